The largest absolute Gasteiger partial charge is 0.440 e. The van der Waals surface area contributed by atoms with Crippen molar-refractivity contribution in [1.29, 1.82) is 0 Å². The minimum Gasteiger partial charge on any atom is -0.440 e. The zero-order valence-corrected chi connectivity index (χ0v) is 15.4. The second kappa shape index (κ2) is 6.78. The lowest BCUT2D eigenvalue weighted by Gasteiger charge is -2.18. The predicted molar refractivity (Wildman–Crippen MR) is 105 cm³/mol. The number of amides is 2. The highest BCUT2D eigenvalue weighted by Crippen LogP contribution is 2.41. The second-order valence-electron chi connectivity index (χ2n) is 7.66. The summed E-state index contributed by atoms with van der Waals surface area (Å²) in [7, 11) is 0. The maximum atomic E-state index is 12.5. The SMILES string of the molecule is O=C(Nc1ccc2oc(C3CC3)nc2c1)C(=O)NC(c1ccccc1)C1CC1. The normalized spacial score (nSPS) is 17.3. The van der Waals surface area contributed by atoms with Crippen molar-refractivity contribution in [2.45, 2.75) is 37.6 Å². The van der Waals surface area contributed by atoms with Crippen molar-refractivity contribution in [3.8, 4) is 0 Å². The summed E-state index contributed by atoms with van der Waals surface area (Å²) in [6.07, 6.45) is 4.35. The number of aromatic nitrogens is 1. The first-order valence-electron chi connectivity index (χ1n) is 9.74. The van der Waals surface area contributed by atoms with Gasteiger partial charge < -0.3 is 15.1 Å². The molecule has 6 heteroatoms. The van der Waals surface area contributed by atoms with Gasteiger partial charge in [-0.25, -0.2) is 4.98 Å². The lowest BCUT2D eigenvalue weighted by atomic mass is 10.0. The standard InChI is InChI=1S/C22H21N3O3/c26-20(21(27)25-19(14-6-7-14)13-4-2-1-3-5-13)23-16-10-11-18-17(12-16)24-22(28-18)15-8-9-15/h1-5,10-12,14-15,19H,6-9H2,(H,23,26)(H,25,27). The van der Waals surface area contributed by atoms with E-state index < -0.39 is 11.8 Å². The molecule has 5 rings (SSSR count). The van der Waals surface area contributed by atoms with Crippen molar-refractivity contribution >= 4 is 28.6 Å². The molecule has 2 aliphatic rings. The summed E-state index contributed by atoms with van der Waals surface area (Å²) in [6.45, 7) is 0. The highest BCUT2D eigenvalue weighted by Gasteiger charge is 2.34. The molecule has 3 aromatic rings. The van der Waals surface area contributed by atoms with Gasteiger partial charge in [-0.15, -0.1) is 0 Å². The molecule has 2 aliphatic carbocycles. The molecule has 2 saturated carbocycles. The van der Waals surface area contributed by atoms with Gasteiger partial charge in [-0.05, 0) is 55.4 Å². The highest BCUT2D eigenvalue weighted by molar-refractivity contribution is 6.39. The zero-order chi connectivity index (χ0) is 19.1. The minimum atomic E-state index is -0.674. The van der Waals surface area contributed by atoms with Crippen molar-refractivity contribution in [1.82, 2.24) is 10.3 Å². The summed E-state index contributed by atoms with van der Waals surface area (Å²) >= 11 is 0. The van der Waals surface area contributed by atoms with Crippen LogP contribution in [0.3, 0.4) is 0 Å². The van der Waals surface area contributed by atoms with E-state index in [9.17, 15) is 9.59 Å². The van der Waals surface area contributed by atoms with Gasteiger partial charge >= 0.3 is 11.8 Å². The van der Waals surface area contributed by atoms with Crippen LogP contribution >= 0.6 is 0 Å². The fourth-order valence-corrected chi connectivity index (χ4v) is 3.49. The van der Waals surface area contributed by atoms with E-state index in [4.69, 9.17) is 4.42 Å². The van der Waals surface area contributed by atoms with Gasteiger partial charge in [-0.2, -0.15) is 0 Å². The molecule has 0 aliphatic heterocycles. The molecule has 2 amide bonds. The molecule has 1 heterocycles. The molecule has 1 atom stereocenters. The topological polar surface area (TPSA) is 84.2 Å². The monoisotopic (exact) mass is 375 g/mol. The van der Waals surface area contributed by atoms with Crippen molar-refractivity contribution in [3.63, 3.8) is 0 Å². The summed E-state index contributed by atoms with van der Waals surface area (Å²) in [6, 6.07) is 14.9. The Morgan fingerprint density at radius 1 is 1.00 bits per heavy atom. The molecule has 0 saturated heterocycles. The van der Waals surface area contributed by atoms with E-state index in [0.717, 1.165) is 37.1 Å². The first-order valence-corrected chi connectivity index (χ1v) is 9.74. The lowest BCUT2D eigenvalue weighted by Crippen LogP contribution is -2.38. The molecule has 0 radical (unpaired) electrons. The van der Waals surface area contributed by atoms with E-state index in [-0.39, 0.29) is 6.04 Å². The maximum Gasteiger partial charge on any atom is 0.313 e. The van der Waals surface area contributed by atoms with E-state index in [1.165, 1.54) is 0 Å². The molecule has 2 aromatic carbocycles. The number of oxazole rings is 1. The van der Waals surface area contributed by atoms with Crippen LogP contribution in [-0.4, -0.2) is 16.8 Å². The van der Waals surface area contributed by atoms with Crippen molar-refractivity contribution in [2.75, 3.05) is 5.32 Å². The van der Waals surface area contributed by atoms with Crippen LogP contribution in [0, 0.1) is 5.92 Å². The third-order valence-electron chi connectivity index (χ3n) is 5.33. The van der Waals surface area contributed by atoms with E-state index in [1.807, 2.05) is 30.3 Å². The molecule has 1 aromatic heterocycles. The molecule has 0 bridgehead atoms. The van der Waals surface area contributed by atoms with Gasteiger partial charge in [-0.3, -0.25) is 9.59 Å². The molecule has 6 nitrogen and oxygen atoms in total. The first kappa shape index (κ1) is 17.0. The Hall–Kier alpha value is -3.15. The average Bonchev–Trinajstić information content (AvgIpc) is 3.63. The number of hydrogen-bond acceptors (Lipinski definition) is 4. The third-order valence-corrected chi connectivity index (χ3v) is 5.33. The average molecular weight is 375 g/mol. The Morgan fingerprint density at radius 3 is 2.50 bits per heavy atom. The number of benzene rings is 2. The Morgan fingerprint density at radius 2 is 1.79 bits per heavy atom. The van der Waals surface area contributed by atoms with Crippen molar-refractivity contribution in [2.24, 2.45) is 5.92 Å². The van der Waals surface area contributed by atoms with Crippen LogP contribution in [0.25, 0.3) is 11.1 Å². The predicted octanol–water partition coefficient (Wildman–Crippen LogP) is 3.91. The summed E-state index contributed by atoms with van der Waals surface area (Å²) in [5.41, 5.74) is 2.95. The van der Waals surface area contributed by atoms with Crippen LogP contribution in [-0.2, 0) is 9.59 Å². The van der Waals surface area contributed by atoms with Gasteiger partial charge in [-0.1, -0.05) is 30.3 Å². The molecule has 2 N–H and O–H groups in total. The van der Waals surface area contributed by atoms with E-state index >= 15 is 0 Å². The molecular weight excluding hydrogens is 354 g/mol. The van der Waals surface area contributed by atoms with Gasteiger partial charge in [0.15, 0.2) is 11.5 Å². The highest BCUT2D eigenvalue weighted by atomic mass is 16.3. The lowest BCUT2D eigenvalue weighted by molar-refractivity contribution is -0.136. The van der Waals surface area contributed by atoms with Gasteiger partial charge in [0.1, 0.15) is 5.52 Å². The molecule has 142 valence electrons. The molecule has 2 fully saturated rings. The number of fused-ring (bicyclic) bond motifs is 1. The van der Waals surface area contributed by atoms with Crippen LogP contribution in [0.1, 0.15) is 49.1 Å². The van der Waals surface area contributed by atoms with E-state index in [2.05, 4.69) is 15.6 Å². The second-order valence-corrected chi connectivity index (χ2v) is 7.66. The minimum absolute atomic E-state index is 0.126. The van der Waals surface area contributed by atoms with Gasteiger partial charge in [0.05, 0.1) is 6.04 Å². The van der Waals surface area contributed by atoms with E-state index in [0.29, 0.717) is 28.6 Å². The summed E-state index contributed by atoms with van der Waals surface area (Å²) in [4.78, 5) is 29.4. The fraction of sp³-hybridized carbons (Fsp3) is 0.318. The first-order chi connectivity index (χ1) is 13.7. The molecular formula is C22H21N3O3. The Bertz CT molecular complexity index is 1040. The smallest absolute Gasteiger partial charge is 0.313 e. The molecule has 0 spiro atoms. The number of nitrogens with one attached hydrogen (secondary N) is 2. The van der Waals surface area contributed by atoms with Crippen LogP contribution in [0.2, 0.25) is 0 Å². The number of hydrogen-bond donors (Lipinski definition) is 2. The van der Waals surface area contributed by atoms with Crippen LogP contribution in [0.4, 0.5) is 5.69 Å². The maximum absolute atomic E-state index is 12.5. The van der Waals surface area contributed by atoms with Gasteiger partial charge in [0.2, 0.25) is 0 Å². The summed E-state index contributed by atoms with van der Waals surface area (Å²) < 4.78 is 5.73. The fourth-order valence-electron chi connectivity index (χ4n) is 3.49. The number of anilines is 1. The van der Waals surface area contributed by atoms with Gasteiger partial charge in [0.25, 0.3) is 0 Å². The van der Waals surface area contributed by atoms with Crippen molar-refractivity contribution < 1.29 is 14.0 Å². The Balaban J connectivity index is 1.28. The zero-order valence-electron chi connectivity index (χ0n) is 15.4. The van der Waals surface area contributed by atoms with Crippen molar-refractivity contribution in [3.05, 3.63) is 60.0 Å². The number of carbonyl (C=O) groups excluding carboxylic acids is 2. The molecule has 28 heavy (non-hydrogen) atoms. The number of nitrogens with zero attached hydrogens (tertiary/aromatic N) is 1. The van der Waals surface area contributed by atoms with Crippen LogP contribution in [0.5, 0.6) is 0 Å². The quantitative estimate of drug-likeness (QED) is 0.662. The van der Waals surface area contributed by atoms with Crippen LogP contribution < -0.4 is 10.6 Å². The number of rotatable bonds is 5. The summed E-state index contributed by atoms with van der Waals surface area (Å²) in [5.74, 6) is 0.276. The Labute approximate surface area is 162 Å². The van der Waals surface area contributed by atoms with E-state index in [1.54, 1.807) is 18.2 Å². The summed E-state index contributed by atoms with van der Waals surface area (Å²) in [5, 5.41) is 5.57. The molecule has 1 unspecified atom stereocenters. The van der Waals surface area contributed by atoms with Gasteiger partial charge in [0, 0.05) is 11.6 Å². The van der Waals surface area contributed by atoms with Crippen LogP contribution in [0.15, 0.2) is 52.9 Å². The Kier molecular flexibility index (Phi) is 4.11. The third kappa shape index (κ3) is 3.50. The number of carbonyl (C=O) groups is 2.